The summed E-state index contributed by atoms with van der Waals surface area (Å²) in [6.45, 7) is 0.376. The highest BCUT2D eigenvalue weighted by atomic mass is 35.5. The van der Waals surface area contributed by atoms with Gasteiger partial charge in [-0.3, -0.25) is 4.79 Å². The first-order chi connectivity index (χ1) is 9.77. The van der Waals surface area contributed by atoms with Crippen LogP contribution >= 0.6 is 11.6 Å². The van der Waals surface area contributed by atoms with Crippen molar-refractivity contribution in [1.82, 2.24) is 5.32 Å². The number of carbonyl (C=O) groups excluding carboxylic acids is 1. The molecule has 0 heterocycles. The Morgan fingerprint density at radius 1 is 1.43 bits per heavy atom. The van der Waals surface area contributed by atoms with Crippen molar-refractivity contribution >= 4 is 17.5 Å². The maximum Gasteiger partial charge on any atom is 0.419 e. The molecule has 1 amide bonds. The smallest absolute Gasteiger partial charge is 0.383 e. The number of benzene rings is 1. The van der Waals surface area contributed by atoms with Gasteiger partial charge in [-0.2, -0.15) is 13.2 Å². The zero-order valence-corrected chi connectivity index (χ0v) is 11.9. The Bertz CT molecular complexity index is 494. The Hall–Kier alpha value is -1.34. The number of hydrogen-bond donors (Lipinski definition) is 1. The fraction of sp³-hybridized carbons (Fsp3) is 0.462. The average Bonchev–Trinajstić information content (AvgIpc) is 2.37. The van der Waals surface area contributed by atoms with Crippen molar-refractivity contribution in [2.75, 3.05) is 20.3 Å². The van der Waals surface area contributed by atoms with Crippen LogP contribution in [-0.4, -0.2) is 31.5 Å². The number of ether oxygens (including phenoxy) is 1. The number of amides is 1. The monoisotopic (exact) mass is 327 g/mol. The molecular formula is C13H14ClF4NO2. The lowest BCUT2D eigenvalue weighted by molar-refractivity contribution is -0.140. The lowest BCUT2D eigenvalue weighted by Gasteiger charge is -2.12. The molecule has 118 valence electrons. The third-order valence-electron chi connectivity index (χ3n) is 2.64. The molecule has 0 aliphatic rings. The fourth-order valence-electron chi connectivity index (χ4n) is 1.63. The van der Waals surface area contributed by atoms with Crippen LogP contribution in [0.15, 0.2) is 18.2 Å². The molecule has 1 N–H and O–H groups in total. The summed E-state index contributed by atoms with van der Waals surface area (Å²) in [5, 5.41) is 1.98. The molecule has 1 rings (SSSR count). The van der Waals surface area contributed by atoms with Crippen LogP contribution in [0.3, 0.4) is 0 Å². The summed E-state index contributed by atoms with van der Waals surface area (Å²) in [6.07, 6.45) is -4.50. The van der Waals surface area contributed by atoms with E-state index in [4.69, 9.17) is 16.3 Å². The van der Waals surface area contributed by atoms with Gasteiger partial charge in [-0.25, -0.2) is 4.39 Å². The van der Waals surface area contributed by atoms with E-state index in [-0.39, 0.29) is 18.5 Å². The molecule has 1 atom stereocenters. The minimum Gasteiger partial charge on any atom is -0.383 e. The van der Waals surface area contributed by atoms with Crippen molar-refractivity contribution in [2.45, 2.75) is 18.0 Å². The summed E-state index contributed by atoms with van der Waals surface area (Å²) in [6, 6.07) is 2.56. The minimum atomic E-state index is -4.85. The Kier molecular flexibility index (Phi) is 6.42. The van der Waals surface area contributed by atoms with Gasteiger partial charge in [-0.1, -0.05) is 6.07 Å². The van der Waals surface area contributed by atoms with Crippen LogP contribution in [0.25, 0.3) is 0 Å². The molecule has 0 aliphatic heterocycles. The zero-order chi connectivity index (χ0) is 16.0. The number of alkyl halides is 4. The third kappa shape index (κ3) is 5.17. The van der Waals surface area contributed by atoms with Crippen LogP contribution in [0, 0.1) is 5.82 Å². The van der Waals surface area contributed by atoms with Crippen LogP contribution in [0.1, 0.15) is 22.3 Å². The maximum absolute atomic E-state index is 13.7. The van der Waals surface area contributed by atoms with Gasteiger partial charge in [0.2, 0.25) is 0 Å². The first-order valence-corrected chi connectivity index (χ1v) is 6.48. The lowest BCUT2D eigenvalue weighted by atomic mass is 10.1. The Balaban J connectivity index is 2.71. The van der Waals surface area contributed by atoms with Crippen molar-refractivity contribution in [3.8, 4) is 0 Å². The highest BCUT2D eigenvalue weighted by Crippen LogP contribution is 2.32. The molecule has 21 heavy (non-hydrogen) atoms. The Morgan fingerprint density at radius 3 is 2.67 bits per heavy atom. The fourth-order valence-corrected chi connectivity index (χ4v) is 1.86. The first kappa shape index (κ1) is 17.7. The number of hydrogen-bond acceptors (Lipinski definition) is 2. The molecule has 1 aromatic rings. The van der Waals surface area contributed by atoms with Gasteiger partial charge in [0.1, 0.15) is 5.82 Å². The second kappa shape index (κ2) is 7.61. The molecule has 0 saturated carbocycles. The van der Waals surface area contributed by atoms with E-state index in [0.29, 0.717) is 12.5 Å². The number of methoxy groups -OCH3 is 1. The second-order valence-corrected chi connectivity index (χ2v) is 4.88. The quantitative estimate of drug-likeness (QED) is 0.643. The van der Waals surface area contributed by atoms with Crippen molar-refractivity contribution in [2.24, 2.45) is 0 Å². The van der Waals surface area contributed by atoms with Gasteiger partial charge in [0, 0.05) is 13.7 Å². The summed E-state index contributed by atoms with van der Waals surface area (Å²) >= 11 is 5.83. The van der Waals surface area contributed by atoms with Gasteiger partial charge >= 0.3 is 6.18 Å². The summed E-state index contributed by atoms with van der Waals surface area (Å²) in [5.41, 5.74) is -2.12. The van der Waals surface area contributed by atoms with Crippen LogP contribution in [0.4, 0.5) is 17.6 Å². The number of carbonyl (C=O) groups is 1. The molecule has 0 spiro atoms. The number of halogens is 5. The molecule has 3 nitrogen and oxygen atoms in total. The molecule has 8 heteroatoms. The summed E-state index contributed by atoms with van der Waals surface area (Å²) in [5.74, 6) is -2.50. The van der Waals surface area contributed by atoms with Gasteiger partial charge in [0.05, 0.1) is 23.1 Å². The molecule has 0 bridgehead atoms. The topological polar surface area (TPSA) is 38.3 Å². The first-order valence-electron chi connectivity index (χ1n) is 6.04. The van der Waals surface area contributed by atoms with E-state index in [1.165, 1.54) is 7.11 Å². The van der Waals surface area contributed by atoms with Gasteiger partial charge in [0.15, 0.2) is 0 Å². The van der Waals surface area contributed by atoms with E-state index >= 15 is 0 Å². The Morgan fingerprint density at radius 2 is 2.10 bits per heavy atom. The predicted molar refractivity (Wildman–Crippen MR) is 69.9 cm³/mol. The van der Waals surface area contributed by atoms with Crippen molar-refractivity contribution in [3.05, 3.63) is 35.1 Å². The van der Waals surface area contributed by atoms with E-state index in [1.807, 2.05) is 0 Å². The molecule has 0 aliphatic carbocycles. The van der Waals surface area contributed by atoms with Crippen molar-refractivity contribution < 1.29 is 27.1 Å². The molecule has 0 radical (unpaired) electrons. The lowest BCUT2D eigenvalue weighted by Crippen LogP contribution is -2.28. The third-order valence-corrected chi connectivity index (χ3v) is 2.98. The highest BCUT2D eigenvalue weighted by Gasteiger charge is 2.35. The van der Waals surface area contributed by atoms with Gasteiger partial charge in [-0.05, 0) is 18.6 Å². The molecule has 1 aromatic carbocycles. The summed E-state index contributed by atoms with van der Waals surface area (Å²) < 4.78 is 56.1. The van der Waals surface area contributed by atoms with Crippen molar-refractivity contribution in [1.29, 1.82) is 0 Å². The maximum atomic E-state index is 13.7. The van der Waals surface area contributed by atoms with Gasteiger partial charge in [-0.15, -0.1) is 11.6 Å². The molecule has 1 unspecified atom stereocenters. The molecule has 0 aromatic heterocycles. The van der Waals surface area contributed by atoms with Crippen molar-refractivity contribution in [3.63, 3.8) is 0 Å². The van der Waals surface area contributed by atoms with Gasteiger partial charge < -0.3 is 10.1 Å². The predicted octanol–water partition coefficient (Wildman–Crippen LogP) is 3.22. The number of rotatable bonds is 6. The van der Waals surface area contributed by atoms with Crippen LogP contribution in [0.5, 0.6) is 0 Å². The van der Waals surface area contributed by atoms with Crippen LogP contribution < -0.4 is 5.32 Å². The number of nitrogens with one attached hydrogen (secondary N) is 1. The largest absolute Gasteiger partial charge is 0.419 e. The highest BCUT2D eigenvalue weighted by molar-refractivity contribution is 6.20. The van der Waals surface area contributed by atoms with Crippen LogP contribution in [-0.2, 0) is 10.9 Å². The van der Waals surface area contributed by atoms with E-state index < -0.39 is 29.0 Å². The van der Waals surface area contributed by atoms with E-state index in [9.17, 15) is 22.4 Å². The standard InChI is InChI=1S/C13H14ClF4NO2/c1-21-7-8(14)5-6-19-12(20)9-3-2-4-10(11(9)15)13(16,17)18/h2-4,8H,5-7H2,1H3,(H,19,20). The SMILES string of the molecule is COCC(Cl)CCNC(=O)c1cccc(C(F)(F)F)c1F. The summed E-state index contributed by atoms with van der Waals surface area (Å²) in [4.78, 5) is 11.7. The summed E-state index contributed by atoms with van der Waals surface area (Å²) in [7, 11) is 1.46. The Labute approximate surface area is 124 Å². The van der Waals surface area contributed by atoms with E-state index in [0.717, 1.165) is 12.1 Å². The second-order valence-electron chi connectivity index (χ2n) is 4.26. The minimum absolute atomic E-state index is 0.103. The normalized spacial score (nSPS) is 13.0. The van der Waals surface area contributed by atoms with E-state index in [2.05, 4.69) is 5.32 Å². The van der Waals surface area contributed by atoms with Crippen LogP contribution in [0.2, 0.25) is 0 Å². The van der Waals surface area contributed by atoms with E-state index in [1.54, 1.807) is 0 Å². The zero-order valence-electron chi connectivity index (χ0n) is 11.1. The molecule has 0 fully saturated rings. The molecule has 0 saturated heterocycles. The average molecular weight is 328 g/mol. The van der Waals surface area contributed by atoms with Gasteiger partial charge in [0.25, 0.3) is 5.91 Å². The molecular weight excluding hydrogens is 314 g/mol.